The quantitative estimate of drug-likeness (QED) is 0.494. The molecule has 1 aliphatic heterocycles. The number of rotatable bonds is 5. The van der Waals surface area contributed by atoms with Gasteiger partial charge in [0.2, 0.25) is 0 Å². The Bertz CT molecular complexity index is 1160. The third-order valence-corrected chi connectivity index (χ3v) is 6.11. The Labute approximate surface area is 187 Å². The molecule has 2 heterocycles. The van der Waals surface area contributed by atoms with E-state index in [4.69, 9.17) is 38.1 Å². The van der Waals surface area contributed by atoms with Gasteiger partial charge in [0.25, 0.3) is 0 Å². The monoisotopic (exact) mass is 461 g/mol. The van der Waals surface area contributed by atoms with Crippen molar-refractivity contribution in [3.63, 3.8) is 0 Å². The van der Waals surface area contributed by atoms with Gasteiger partial charge in [-0.15, -0.1) is 11.3 Å². The maximum Gasteiger partial charge on any atom is 0.144 e. The molecule has 0 fully saturated rings. The van der Waals surface area contributed by atoms with Gasteiger partial charge in [0.05, 0.1) is 42.7 Å². The number of anilines is 1. The lowest BCUT2D eigenvalue weighted by molar-refractivity contribution is 0.400. The van der Waals surface area contributed by atoms with Crippen molar-refractivity contribution in [1.29, 1.82) is 5.41 Å². The number of benzene rings is 2. The molecule has 3 aromatic rings. The van der Waals surface area contributed by atoms with E-state index in [2.05, 4.69) is 4.98 Å². The number of hydrogen-bond donors (Lipinski definition) is 2. The van der Waals surface area contributed by atoms with E-state index in [1.807, 2.05) is 17.5 Å². The van der Waals surface area contributed by atoms with E-state index in [0.717, 1.165) is 11.3 Å². The number of hydrogen-bond acceptors (Lipinski definition) is 6. The molecule has 0 saturated heterocycles. The van der Waals surface area contributed by atoms with E-state index in [0.29, 0.717) is 37.8 Å². The number of aliphatic hydroxyl groups excluding tert-OH is 1. The number of halogens is 2. The number of methoxy groups -OCH3 is 2. The van der Waals surface area contributed by atoms with Crippen LogP contribution in [0.1, 0.15) is 5.01 Å². The average Bonchev–Trinajstić information content (AvgIpc) is 3.32. The minimum atomic E-state index is 0.0629. The summed E-state index contributed by atoms with van der Waals surface area (Å²) in [4.78, 5) is 6.26. The third-order valence-electron chi connectivity index (χ3n) is 4.71. The van der Waals surface area contributed by atoms with Crippen LogP contribution in [0, 0.1) is 5.41 Å². The molecule has 2 aromatic carbocycles. The zero-order chi connectivity index (χ0) is 21.4. The van der Waals surface area contributed by atoms with Crippen molar-refractivity contribution in [3.05, 3.63) is 62.6 Å². The Morgan fingerprint density at radius 3 is 2.47 bits per heavy atom. The maximum absolute atomic E-state index is 10.7. The topological polar surface area (TPSA) is 78.7 Å². The Balaban J connectivity index is 1.68. The van der Waals surface area contributed by atoms with Crippen LogP contribution in [0.2, 0.25) is 10.0 Å². The number of aromatic nitrogens is 1. The molecule has 30 heavy (non-hydrogen) atoms. The lowest BCUT2D eigenvalue weighted by atomic mass is 10.2. The summed E-state index contributed by atoms with van der Waals surface area (Å²) in [5.74, 6) is 1.10. The smallest absolute Gasteiger partial charge is 0.144 e. The molecule has 0 unspecified atom stereocenters. The highest BCUT2D eigenvalue weighted by Gasteiger charge is 2.33. The summed E-state index contributed by atoms with van der Waals surface area (Å²) in [6.45, 7) is 0.116. The van der Waals surface area contributed by atoms with Crippen LogP contribution in [0.15, 0.2) is 47.5 Å². The van der Waals surface area contributed by atoms with E-state index in [-0.39, 0.29) is 18.1 Å². The second-order valence-corrected chi connectivity index (χ2v) is 8.16. The van der Waals surface area contributed by atoms with E-state index >= 15 is 0 Å². The molecule has 0 atom stereocenters. The van der Waals surface area contributed by atoms with Crippen LogP contribution in [0.4, 0.5) is 5.69 Å². The predicted octanol–water partition coefficient (Wildman–Crippen LogP) is 5.90. The second-order valence-electron chi connectivity index (χ2n) is 6.46. The molecule has 6 nitrogen and oxygen atoms in total. The maximum atomic E-state index is 10.7. The number of nitrogens with zero attached hydrogens (tertiary/aromatic N) is 2. The van der Waals surface area contributed by atoms with Crippen LogP contribution in [-0.2, 0) is 0 Å². The lowest BCUT2D eigenvalue weighted by Gasteiger charge is -2.22. The van der Waals surface area contributed by atoms with E-state index < -0.39 is 0 Å². The molecule has 154 valence electrons. The summed E-state index contributed by atoms with van der Waals surface area (Å²) in [6.07, 6.45) is 0. The minimum absolute atomic E-state index is 0.0629. The van der Waals surface area contributed by atoms with Crippen molar-refractivity contribution in [3.8, 4) is 22.8 Å². The van der Waals surface area contributed by atoms with Crippen LogP contribution >= 0.6 is 34.5 Å². The van der Waals surface area contributed by atoms with Gasteiger partial charge in [-0.1, -0.05) is 35.3 Å². The Hall–Kier alpha value is -2.74. The van der Waals surface area contributed by atoms with E-state index in [1.54, 1.807) is 29.2 Å². The average molecular weight is 462 g/mol. The van der Waals surface area contributed by atoms with Crippen molar-refractivity contribution in [2.45, 2.75) is 0 Å². The Kier molecular flexibility index (Phi) is 5.60. The molecule has 0 saturated carbocycles. The first-order valence-corrected chi connectivity index (χ1v) is 10.5. The summed E-state index contributed by atoms with van der Waals surface area (Å²) >= 11 is 13.5. The van der Waals surface area contributed by atoms with Gasteiger partial charge >= 0.3 is 0 Å². The minimum Gasteiger partial charge on any atom is -0.510 e. The first-order chi connectivity index (χ1) is 14.4. The van der Waals surface area contributed by atoms with E-state index in [1.165, 1.54) is 25.6 Å². The van der Waals surface area contributed by atoms with Gasteiger partial charge in [0, 0.05) is 28.1 Å². The predicted molar refractivity (Wildman–Crippen MR) is 122 cm³/mol. The molecular formula is C21H17Cl2N3O3S. The molecule has 1 aromatic heterocycles. The van der Waals surface area contributed by atoms with Crippen LogP contribution in [-0.4, -0.2) is 36.7 Å². The molecule has 0 bridgehead atoms. The third kappa shape index (κ3) is 3.60. The van der Waals surface area contributed by atoms with Gasteiger partial charge < -0.3 is 19.5 Å². The molecule has 0 aliphatic carbocycles. The summed E-state index contributed by atoms with van der Waals surface area (Å²) in [7, 11) is 3.04. The van der Waals surface area contributed by atoms with Gasteiger partial charge in [0.15, 0.2) is 0 Å². The van der Waals surface area contributed by atoms with Gasteiger partial charge in [-0.25, -0.2) is 4.98 Å². The first kappa shape index (κ1) is 20.5. The largest absolute Gasteiger partial charge is 0.510 e. The van der Waals surface area contributed by atoms with Crippen LogP contribution in [0.25, 0.3) is 16.8 Å². The lowest BCUT2D eigenvalue weighted by Crippen LogP contribution is -2.26. The first-order valence-electron chi connectivity index (χ1n) is 8.85. The number of ether oxygens (including phenoxy) is 2. The second kappa shape index (κ2) is 8.18. The Morgan fingerprint density at radius 1 is 1.10 bits per heavy atom. The fourth-order valence-electron chi connectivity index (χ4n) is 3.21. The summed E-state index contributed by atoms with van der Waals surface area (Å²) in [5.41, 5.74) is 2.62. The SMILES string of the molecule is COc1cc(N2CC(O)=C(c3nc(-c4ccc(Cl)cc4)cs3)C2=N)c(OC)cc1Cl. The Morgan fingerprint density at radius 2 is 1.80 bits per heavy atom. The normalized spacial score (nSPS) is 13.9. The van der Waals surface area contributed by atoms with Crippen molar-refractivity contribution in [2.75, 3.05) is 25.7 Å². The summed E-state index contributed by atoms with van der Waals surface area (Å²) < 4.78 is 10.7. The number of amidine groups is 1. The molecule has 2 N–H and O–H groups in total. The molecule has 1 aliphatic rings. The highest BCUT2D eigenvalue weighted by molar-refractivity contribution is 7.11. The van der Waals surface area contributed by atoms with Crippen molar-refractivity contribution >= 4 is 51.6 Å². The number of thiazole rings is 1. The van der Waals surface area contributed by atoms with Crippen molar-refractivity contribution in [2.24, 2.45) is 0 Å². The molecule has 4 rings (SSSR count). The van der Waals surface area contributed by atoms with Crippen LogP contribution < -0.4 is 14.4 Å². The standard InChI is InChI=1S/C21H17Cl2N3O3S/c1-28-17-8-15(18(29-2)7-13(17)23)26-9-16(27)19(20(26)24)21-25-14(10-30-21)11-3-5-12(22)6-4-11/h3-8,10,24,27H,9H2,1-2H3. The van der Waals surface area contributed by atoms with Gasteiger partial charge in [-0.3, -0.25) is 5.41 Å². The molecular weight excluding hydrogens is 445 g/mol. The molecule has 0 amide bonds. The van der Waals surface area contributed by atoms with Gasteiger partial charge in [-0.2, -0.15) is 0 Å². The zero-order valence-electron chi connectivity index (χ0n) is 16.1. The number of aliphatic hydroxyl groups is 1. The molecule has 0 spiro atoms. The fourth-order valence-corrected chi connectivity index (χ4v) is 4.46. The highest BCUT2D eigenvalue weighted by Crippen LogP contribution is 2.42. The number of nitrogens with one attached hydrogen (secondary N) is 1. The van der Waals surface area contributed by atoms with Crippen molar-refractivity contribution in [1.82, 2.24) is 4.98 Å². The summed E-state index contributed by atoms with van der Waals surface area (Å²) in [5, 5.41) is 22.8. The van der Waals surface area contributed by atoms with E-state index in [9.17, 15) is 5.11 Å². The zero-order valence-corrected chi connectivity index (χ0v) is 18.4. The van der Waals surface area contributed by atoms with Gasteiger partial charge in [0.1, 0.15) is 28.1 Å². The van der Waals surface area contributed by atoms with Crippen LogP contribution in [0.3, 0.4) is 0 Å². The fraction of sp³-hybridized carbons (Fsp3) is 0.143. The van der Waals surface area contributed by atoms with Gasteiger partial charge in [-0.05, 0) is 12.1 Å². The molecule has 0 radical (unpaired) electrons. The molecule has 9 heteroatoms. The van der Waals surface area contributed by atoms with Crippen molar-refractivity contribution < 1.29 is 14.6 Å². The van der Waals surface area contributed by atoms with Crippen LogP contribution in [0.5, 0.6) is 11.5 Å². The summed E-state index contributed by atoms with van der Waals surface area (Å²) in [6, 6.07) is 10.7. The highest BCUT2D eigenvalue weighted by atomic mass is 35.5.